The molecule has 2 aliphatic heterocycles. The van der Waals surface area contributed by atoms with E-state index in [1.54, 1.807) is 30.2 Å². The van der Waals surface area contributed by atoms with Crippen molar-refractivity contribution in [2.75, 3.05) is 38.2 Å². The van der Waals surface area contributed by atoms with E-state index >= 15 is 0 Å². The smallest absolute Gasteiger partial charge is 0.255 e. The van der Waals surface area contributed by atoms with E-state index in [0.717, 1.165) is 35.5 Å². The van der Waals surface area contributed by atoms with E-state index < -0.39 is 12.0 Å². The summed E-state index contributed by atoms with van der Waals surface area (Å²) in [5.74, 6) is -0.382. The van der Waals surface area contributed by atoms with Gasteiger partial charge in [0.15, 0.2) is 0 Å². The second-order valence-electron chi connectivity index (χ2n) is 10.5. The summed E-state index contributed by atoms with van der Waals surface area (Å²) in [6.45, 7) is 2.89. The summed E-state index contributed by atoms with van der Waals surface area (Å²) in [7, 11) is 1.61. The van der Waals surface area contributed by atoms with Crippen molar-refractivity contribution in [3.63, 3.8) is 0 Å². The third kappa shape index (κ3) is 5.27. The van der Waals surface area contributed by atoms with E-state index in [0.29, 0.717) is 24.4 Å². The quantitative estimate of drug-likeness (QED) is 0.311. The van der Waals surface area contributed by atoms with E-state index in [1.807, 2.05) is 65.6 Å². The lowest BCUT2D eigenvalue weighted by atomic mass is 9.78. The molecule has 0 spiro atoms. The van der Waals surface area contributed by atoms with Crippen LogP contribution in [0.1, 0.15) is 39.0 Å². The van der Waals surface area contributed by atoms with Crippen molar-refractivity contribution in [3.05, 3.63) is 131 Å². The number of carbonyl (C=O) groups is 2. The van der Waals surface area contributed by atoms with Crippen LogP contribution in [0.5, 0.6) is 5.75 Å². The van der Waals surface area contributed by atoms with Gasteiger partial charge in [0, 0.05) is 44.0 Å². The van der Waals surface area contributed by atoms with Crippen LogP contribution in [0.25, 0.3) is 0 Å². The van der Waals surface area contributed by atoms with E-state index in [4.69, 9.17) is 4.74 Å². The number of benzene rings is 4. The van der Waals surface area contributed by atoms with Crippen molar-refractivity contribution >= 4 is 17.5 Å². The highest BCUT2D eigenvalue weighted by Crippen LogP contribution is 2.45. The maximum absolute atomic E-state index is 14.5. The lowest BCUT2D eigenvalue weighted by Crippen LogP contribution is -2.53. The number of nitrogens with zero attached hydrogens (tertiary/aromatic N) is 3. The molecule has 208 valence electrons. The summed E-state index contributed by atoms with van der Waals surface area (Å²) >= 11 is 0. The van der Waals surface area contributed by atoms with Gasteiger partial charge in [0.1, 0.15) is 11.6 Å². The number of halogens is 1. The first kappa shape index (κ1) is 26.6. The first-order chi connectivity index (χ1) is 20.0. The third-order valence-electron chi connectivity index (χ3n) is 8.14. The first-order valence-electron chi connectivity index (χ1n) is 13.9. The van der Waals surface area contributed by atoms with Gasteiger partial charge >= 0.3 is 0 Å². The standard InChI is InChI=1S/C34H32FN3O3/c1-41-28-17-13-25(14-18-28)32-31(34(40)37-21-19-36(20-22-37)27-7-3-2-4-8-27)29-9-5-6-10-30(29)33(39)38(32)23-24-11-15-26(35)16-12-24/h2-18,31-32H,19-23H2,1H3. The molecule has 2 atom stereocenters. The second-order valence-corrected chi connectivity index (χ2v) is 10.5. The maximum atomic E-state index is 14.5. The van der Waals surface area contributed by atoms with Crippen LogP contribution in [-0.2, 0) is 11.3 Å². The molecule has 2 aliphatic rings. The molecule has 4 aromatic carbocycles. The Morgan fingerprint density at radius 1 is 0.829 bits per heavy atom. The molecule has 0 aliphatic carbocycles. The molecule has 1 saturated heterocycles. The van der Waals surface area contributed by atoms with Crippen molar-refractivity contribution in [2.24, 2.45) is 0 Å². The fourth-order valence-electron chi connectivity index (χ4n) is 6.01. The molecular formula is C34H32FN3O3. The number of hydrogen-bond acceptors (Lipinski definition) is 4. The predicted molar refractivity (Wildman–Crippen MR) is 156 cm³/mol. The van der Waals surface area contributed by atoms with Gasteiger partial charge in [-0.25, -0.2) is 4.39 Å². The molecule has 2 unspecified atom stereocenters. The number of fused-ring (bicyclic) bond motifs is 1. The monoisotopic (exact) mass is 549 g/mol. The number of anilines is 1. The topological polar surface area (TPSA) is 53.1 Å². The Kier molecular flexibility index (Phi) is 7.42. The summed E-state index contributed by atoms with van der Waals surface area (Å²) in [5.41, 5.74) is 4.05. The van der Waals surface area contributed by atoms with Crippen molar-refractivity contribution in [3.8, 4) is 5.75 Å². The zero-order chi connectivity index (χ0) is 28.3. The SMILES string of the molecule is COc1ccc(C2C(C(=O)N3CCN(c4ccccc4)CC3)c3ccccc3C(=O)N2Cc2ccc(F)cc2)cc1. The number of hydrogen-bond donors (Lipinski definition) is 0. The molecule has 41 heavy (non-hydrogen) atoms. The van der Waals surface area contributed by atoms with Crippen LogP contribution >= 0.6 is 0 Å². The molecule has 2 amide bonds. The minimum atomic E-state index is -0.596. The predicted octanol–water partition coefficient (Wildman–Crippen LogP) is 5.66. The van der Waals surface area contributed by atoms with Crippen LogP contribution in [0.4, 0.5) is 10.1 Å². The highest BCUT2D eigenvalue weighted by atomic mass is 19.1. The number of para-hydroxylation sites is 1. The second kappa shape index (κ2) is 11.5. The molecule has 4 aromatic rings. The van der Waals surface area contributed by atoms with Crippen molar-refractivity contribution < 1.29 is 18.7 Å². The van der Waals surface area contributed by atoms with Gasteiger partial charge in [-0.15, -0.1) is 0 Å². The Labute approximate surface area is 239 Å². The molecule has 6 nitrogen and oxygen atoms in total. The van der Waals surface area contributed by atoms with E-state index in [2.05, 4.69) is 17.0 Å². The van der Waals surface area contributed by atoms with Gasteiger partial charge in [0.05, 0.1) is 19.1 Å². The molecule has 1 fully saturated rings. The van der Waals surface area contributed by atoms with Gasteiger partial charge in [-0.2, -0.15) is 0 Å². The molecule has 0 aromatic heterocycles. The van der Waals surface area contributed by atoms with Crippen LogP contribution in [0.15, 0.2) is 103 Å². The van der Waals surface area contributed by atoms with Gasteiger partial charge in [-0.05, 0) is 59.2 Å². The summed E-state index contributed by atoms with van der Waals surface area (Å²) in [6, 6.07) is 30.9. The van der Waals surface area contributed by atoms with E-state index in [-0.39, 0.29) is 24.2 Å². The fraction of sp³-hybridized carbons (Fsp3) is 0.235. The molecule has 0 N–H and O–H groups in total. The normalized spacial score (nSPS) is 18.7. The lowest BCUT2D eigenvalue weighted by Gasteiger charge is -2.45. The number of carbonyl (C=O) groups excluding carboxylic acids is 2. The van der Waals surface area contributed by atoms with E-state index in [1.165, 1.54) is 12.1 Å². The van der Waals surface area contributed by atoms with Gasteiger partial charge in [0.2, 0.25) is 5.91 Å². The largest absolute Gasteiger partial charge is 0.497 e. The molecule has 7 heteroatoms. The summed E-state index contributed by atoms with van der Waals surface area (Å²) < 4.78 is 19.1. The van der Waals surface area contributed by atoms with Crippen LogP contribution < -0.4 is 9.64 Å². The Balaban J connectivity index is 1.38. The molecule has 6 rings (SSSR count). The summed E-state index contributed by atoms with van der Waals surface area (Å²) in [4.78, 5) is 34.5. The Bertz CT molecular complexity index is 1520. The van der Waals surface area contributed by atoms with Crippen LogP contribution in [0.2, 0.25) is 0 Å². The molecule has 0 saturated carbocycles. The van der Waals surface area contributed by atoms with Crippen molar-refractivity contribution in [1.29, 1.82) is 0 Å². The molecule has 2 heterocycles. The summed E-state index contributed by atoms with van der Waals surface area (Å²) in [5, 5.41) is 0. The maximum Gasteiger partial charge on any atom is 0.255 e. The number of amides is 2. The van der Waals surface area contributed by atoms with Crippen LogP contribution in [0, 0.1) is 5.82 Å². The fourth-order valence-corrected chi connectivity index (χ4v) is 6.01. The highest BCUT2D eigenvalue weighted by Gasteiger charge is 2.45. The lowest BCUT2D eigenvalue weighted by molar-refractivity contribution is -0.135. The van der Waals surface area contributed by atoms with Crippen LogP contribution in [-0.4, -0.2) is 54.9 Å². The molecular weight excluding hydrogens is 517 g/mol. The number of methoxy groups -OCH3 is 1. The van der Waals surface area contributed by atoms with E-state index in [9.17, 15) is 14.0 Å². The van der Waals surface area contributed by atoms with Gasteiger partial charge in [-0.1, -0.05) is 60.7 Å². The zero-order valence-electron chi connectivity index (χ0n) is 22.9. The van der Waals surface area contributed by atoms with Gasteiger partial charge in [0.25, 0.3) is 5.91 Å². The molecule has 0 radical (unpaired) electrons. The highest BCUT2D eigenvalue weighted by molar-refractivity contribution is 6.01. The minimum absolute atomic E-state index is 0.00239. The van der Waals surface area contributed by atoms with Crippen molar-refractivity contribution in [2.45, 2.75) is 18.5 Å². The summed E-state index contributed by atoms with van der Waals surface area (Å²) in [6.07, 6.45) is 0. The van der Waals surface area contributed by atoms with Gasteiger partial charge < -0.3 is 19.4 Å². The van der Waals surface area contributed by atoms with Crippen molar-refractivity contribution in [1.82, 2.24) is 9.80 Å². The average Bonchev–Trinajstić information content (AvgIpc) is 3.03. The first-order valence-corrected chi connectivity index (χ1v) is 13.9. The number of rotatable bonds is 6. The van der Waals surface area contributed by atoms with Gasteiger partial charge in [-0.3, -0.25) is 9.59 Å². The Hall–Kier alpha value is -4.65. The Morgan fingerprint density at radius 2 is 1.49 bits per heavy atom. The van der Waals surface area contributed by atoms with Crippen LogP contribution in [0.3, 0.4) is 0 Å². The third-order valence-corrected chi connectivity index (χ3v) is 8.14. The average molecular weight is 550 g/mol. The molecule has 0 bridgehead atoms. The zero-order valence-corrected chi connectivity index (χ0v) is 22.9. The number of ether oxygens (including phenoxy) is 1. The Morgan fingerprint density at radius 3 is 2.17 bits per heavy atom. The minimum Gasteiger partial charge on any atom is -0.497 e. The number of piperazine rings is 1.